The topological polar surface area (TPSA) is 83.6 Å². The lowest BCUT2D eigenvalue weighted by Crippen LogP contribution is -2.38. The average Bonchev–Trinajstić information content (AvgIpc) is 2.36. The van der Waals surface area contributed by atoms with Crippen LogP contribution in [0.25, 0.3) is 0 Å². The first-order valence-corrected chi connectivity index (χ1v) is 10.3. The Morgan fingerprint density at radius 1 is 1.27 bits per heavy atom. The van der Waals surface area contributed by atoms with Crippen LogP contribution in [-0.2, 0) is 20.0 Å². The van der Waals surface area contributed by atoms with Crippen LogP contribution < -0.4 is 9.03 Å². The molecule has 0 aliphatic rings. The van der Waals surface area contributed by atoms with Gasteiger partial charge in [0.1, 0.15) is 5.82 Å². The molecule has 1 rings (SSSR count). The number of nitrogens with zero attached hydrogens (tertiary/aromatic N) is 1. The highest BCUT2D eigenvalue weighted by molar-refractivity contribution is 7.92. The molecule has 10 heteroatoms. The van der Waals surface area contributed by atoms with Gasteiger partial charge in [0.2, 0.25) is 20.0 Å². The van der Waals surface area contributed by atoms with Crippen LogP contribution in [0.4, 0.5) is 10.1 Å². The summed E-state index contributed by atoms with van der Waals surface area (Å²) in [6.45, 7) is 1.51. The molecule has 0 spiro atoms. The fraction of sp³-hybridized carbons (Fsp3) is 0.500. The van der Waals surface area contributed by atoms with Gasteiger partial charge in [-0.05, 0) is 24.6 Å². The molecule has 6 nitrogen and oxygen atoms in total. The Balaban J connectivity index is 2.90. The zero-order chi connectivity index (χ0) is 17.0. The van der Waals surface area contributed by atoms with Crippen LogP contribution >= 0.6 is 11.6 Å². The zero-order valence-electron chi connectivity index (χ0n) is 12.2. The lowest BCUT2D eigenvalue weighted by Gasteiger charge is -2.22. The van der Waals surface area contributed by atoms with Gasteiger partial charge in [0.25, 0.3) is 0 Å². The van der Waals surface area contributed by atoms with E-state index in [0.717, 1.165) is 16.6 Å². The van der Waals surface area contributed by atoms with Crippen LogP contribution in [0.2, 0.25) is 5.02 Å². The lowest BCUT2D eigenvalue weighted by atomic mass is 10.3. The Labute approximate surface area is 135 Å². The molecule has 0 heterocycles. The monoisotopic (exact) mass is 372 g/mol. The van der Waals surface area contributed by atoms with E-state index in [1.54, 1.807) is 6.92 Å². The molecular formula is C12H18ClFN2O4S2. The molecule has 0 saturated carbocycles. The number of hydrogen-bond donors (Lipinski definition) is 1. The maximum atomic E-state index is 13.2. The molecule has 0 atom stereocenters. The van der Waals surface area contributed by atoms with Crippen molar-refractivity contribution in [2.75, 3.05) is 29.4 Å². The summed E-state index contributed by atoms with van der Waals surface area (Å²) in [6, 6.07) is 3.50. The molecule has 0 radical (unpaired) electrons. The number of sulfonamides is 2. The standard InChI is InChI=1S/C12H18ClFN2O4S2/c1-3-8-22(19,20)15-6-7-16(21(2,17)18)10-4-5-12(14)11(13)9-10/h4-5,9,15H,3,6-8H2,1-2H3. The van der Waals surface area contributed by atoms with Crippen molar-refractivity contribution in [3.05, 3.63) is 29.0 Å². The molecule has 0 unspecified atom stereocenters. The third-order valence-corrected chi connectivity index (χ3v) is 5.77. The SMILES string of the molecule is CCCS(=O)(=O)NCCN(c1ccc(F)c(Cl)c1)S(C)(=O)=O. The van der Waals surface area contributed by atoms with Crippen molar-refractivity contribution >= 4 is 37.3 Å². The fourth-order valence-corrected chi connectivity index (χ4v) is 3.95. The van der Waals surface area contributed by atoms with E-state index in [1.807, 2.05) is 0 Å². The zero-order valence-corrected chi connectivity index (χ0v) is 14.6. The van der Waals surface area contributed by atoms with Crippen molar-refractivity contribution in [2.45, 2.75) is 13.3 Å². The van der Waals surface area contributed by atoms with Gasteiger partial charge in [-0.1, -0.05) is 18.5 Å². The van der Waals surface area contributed by atoms with Crippen LogP contribution in [0.5, 0.6) is 0 Å². The summed E-state index contributed by atoms with van der Waals surface area (Å²) in [7, 11) is -7.09. The molecular weight excluding hydrogens is 355 g/mol. The second-order valence-electron chi connectivity index (χ2n) is 4.65. The summed E-state index contributed by atoms with van der Waals surface area (Å²) >= 11 is 5.65. The Hall–Kier alpha value is -0.900. The first-order valence-electron chi connectivity index (χ1n) is 6.47. The van der Waals surface area contributed by atoms with Crippen molar-refractivity contribution in [3.63, 3.8) is 0 Å². The van der Waals surface area contributed by atoms with Crippen LogP contribution in [0.3, 0.4) is 0 Å². The molecule has 126 valence electrons. The quantitative estimate of drug-likeness (QED) is 0.750. The van der Waals surface area contributed by atoms with Gasteiger partial charge in [-0.3, -0.25) is 4.31 Å². The van der Waals surface area contributed by atoms with Crippen LogP contribution in [-0.4, -0.2) is 41.9 Å². The van der Waals surface area contributed by atoms with E-state index < -0.39 is 25.9 Å². The molecule has 1 aromatic carbocycles. The van der Waals surface area contributed by atoms with E-state index in [-0.39, 0.29) is 29.6 Å². The molecule has 0 aliphatic heterocycles. The van der Waals surface area contributed by atoms with Crippen molar-refractivity contribution in [3.8, 4) is 0 Å². The van der Waals surface area contributed by atoms with Crippen molar-refractivity contribution < 1.29 is 21.2 Å². The fourth-order valence-electron chi connectivity index (χ4n) is 1.77. The van der Waals surface area contributed by atoms with E-state index in [9.17, 15) is 21.2 Å². The molecule has 1 aromatic rings. The Kier molecular flexibility index (Phi) is 6.60. The van der Waals surface area contributed by atoms with E-state index in [1.165, 1.54) is 12.1 Å². The third kappa shape index (κ3) is 5.71. The minimum Gasteiger partial charge on any atom is -0.269 e. The van der Waals surface area contributed by atoms with Crippen molar-refractivity contribution in [2.24, 2.45) is 0 Å². The Morgan fingerprint density at radius 3 is 2.41 bits per heavy atom. The minimum atomic E-state index is -3.66. The molecule has 0 aromatic heterocycles. The third-order valence-electron chi connectivity index (χ3n) is 2.70. The van der Waals surface area contributed by atoms with Gasteiger partial charge in [-0.2, -0.15) is 0 Å². The normalized spacial score (nSPS) is 12.4. The largest absolute Gasteiger partial charge is 0.269 e. The molecule has 0 fully saturated rings. The number of benzene rings is 1. The second kappa shape index (κ2) is 7.58. The summed E-state index contributed by atoms with van der Waals surface area (Å²) < 4.78 is 63.2. The Morgan fingerprint density at radius 2 is 1.91 bits per heavy atom. The highest BCUT2D eigenvalue weighted by Gasteiger charge is 2.19. The predicted octanol–water partition coefficient (Wildman–Crippen LogP) is 1.57. The van der Waals surface area contributed by atoms with Crippen LogP contribution in [0.1, 0.15) is 13.3 Å². The van der Waals surface area contributed by atoms with Crippen molar-refractivity contribution in [1.29, 1.82) is 0 Å². The molecule has 0 bridgehead atoms. The smallest absolute Gasteiger partial charge is 0.232 e. The van der Waals surface area contributed by atoms with Gasteiger partial charge >= 0.3 is 0 Å². The van der Waals surface area contributed by atoms with Gasteiger partial charge in [0.15, 0.2) is 0 Å². The summed E-state index contributed by atoms with van der Waals surface area (Å²) in [4.78, 5) is 0. The van der Waals surface area contributed by atoms with Crippen LogP contribution in [0, 0.1) is 5.82 Å². The maximum absolute atomic E-state index is 13.2. The van der Waals surface area contributed by atoms with Gasteiger partial charge in [0.05, 0.1) is 22.7 Å². The highest BCUT2D eigenvalue weighted by Crippen LogP contribution is 2.24. The average molecular weight is 373 g/mol. The number of anilines is 1. The molecule has 0 amide bonds. The van der Waals surface area contributed by atoms with Crippen molar-refractivity contribution in [1.82, 2.24) is 4.72 Å². The number of rotatable bonds is 8. The van der Waals surface area contributed by atoms with Gasteiger partial charge in [-0.25, -0.2) is 25.9 Å². The van der Waals surface area contributed by atoms with Gasteiger partial charge in [0, 0.05) is 13.1 Å². The molecule has 1 N–H and O–H groups in total. The first kappa shape index (κ1) is 19.1. The number of halogens is 2. The highest BCUT2D eigenvalue weighted by atomic mass is 35.5. The van der Waals surface area contributed by atoms with Gasteiger partial charge < -0.3 is 0 Å². The molecule has 22 heavy (non-hydrogen) atoms. The van der Waals surface area contributed by atoms with Gasteiger partial charge in [-0.15, -0.1) is 0 Å². The summed E-state index contributed by atoms with van der Waals surface area (Å²) in [6.07, 6.45) is 1.43. The van der Waals surface area contributed by atoms with E-state index in [0.29, 0.717) is 6.42 Å². The number of nitrogens with one attached hydrogen (secondary N) is 1. The van der Waals surface area contributed by atoms with E-state index in [2.05, 4.69) is 4.72 Å². The first-order chi connectivity index (χ1) is 10.1. The van der Waals surface area contributed by atoms with E-state index >= 15 is 0 Å². The summed E-state index contributed by atoms with van der Waals surface area (Å²) in [5.41, 5.74) is 0.170. The Bertz CT molecular complexity index is 723. The maximum Gasteiger partial charge on any atom is 0.232 e. The summed E-state index contributed by atoms with van der Waals surface area (Å²) in [5, 5.41) is -0.210. The molecule has 0 saturated heterocycles. The minimum absolute atomic E-state index is 0.0335. The number of hydrogen-bond acceptors (Lipinski definition) is 4. The summed E-state index contributed by atoms with van der Waals surface area (Å²) in [5.74, 6) is -0.698. The predicted molar refractivity (Wildman–Crippen MR) is 85.7 cm³/mol. The molecule has 0 aliphatic carbocycles. The van der Waals surface area contributed by atoms with E-state index in [4.69, 9.17) is 11.6 Å². The van der Waals surface area contributed by atoms with Crippen LogP contribution in [0.15, 0.2) is 18.2 Å². The lowest BCUT2D eigenvalue weighted by molar-refractivity contribution is 0.577. The second-order valence-corrected chi connectivity index (χ2v) is 8.89.